The molecule has 0 heterocycles. The first kappa shape index (κ1) is 13.0. The van der Waals surface area contributed by atoms with E-state index in [-0.39, 0.29) is 5.78 Å². The Balaban J connectivity index is 2.23. The van der Waals surface area contributed by atoms with Gasteiger partial charge in [0.1, 0.15) is 0 Å². The van der Waals surface area contributed by atoms with Crippen molar-refractivity contribution in [1.82, 2.24) is 0 Å². The van der Waals surface area contributed by atoms with Crippen LogP contribution in [0.5, 0.6) is 0 Å². The Bertz CT molecular complexity index is 543. The molecule has 2 rings (SSSR count). The molecule has 0 aliphatic heterocycles. The van der Waals surface area contributed by atoms with Gasteiger partial charge >= 0.3 is 0 Å². The third-order valence-corrected chi connectivity index (χ3v) is 3.33. The molecule has 0 amide bonds. The van der Waals surface area contributed by atoms with Crippen LogP contribution in [0.4, 0.5) is 0 Å². The topological polar surface area (TPSA) is 17.1 Å². The van der Waals surface area contributed by atoms with E-state index in [0.29, 0.717) is 5.56 Å². The van der Waals surface area contributed by atoms with E-state index < -0.39 is 0 Å². The van der Waals surface area contributed by atoms with Gasteiger partial charge in [0.2, 0.25) is 0 Å². The molecular weight excluding hydrogens is 288 g/mol. The van der Waals surface area contributed by atoms with Gasteiger partial charge in [-0.1, -0.05) is 65.7 Å². The summed E-state index contributed by atoms with van der Waals surface area (Å²) >= 11 is 3.38. The van der Waals surface area contributed by atoms with Crippen molar-refractivity contribution >= 4 is 21.7 Å². The standard InChI is InChI=1S/C16H15BrO/c1-2-4-12-7-9-13(10-8-12)16(18)14-5-3-6-15(17)11-14/h3,5-11H,2,4H2,1H3. The van der Waals surface area contributed by atoms with Crippen LogP contribution in [-0.4, -0.2) is 5.78 Å². The van der Waals surface area contributed by atoms with Crippen LogP contribution in [0.25, 0.3) is 0 Å². The highest BCUT2D eigenvalue weighted by Gasteiger charge is 2.08. The Morgan fingerprint density at radius 1 is 1.06 bits per heavy atom. The molecule has 0 saturated heterocycles. The Morgan fingerprint density at radius 2 is 1.78 bits per heavy atom. The Labute approximate surface area is 116 Å². The van der Waals surface area contributed by atoms with Crippen LogP contribution >= 0.6 is 15.9 Å². The molecule has 0 radical (unpaired) electrons. The second-order valence-corrected chi connectivity index (χ2v) is 5.20. The summed E-state index contributed by atoms with van der Waals surface area (Å²) in [5.41, 5.74) is 2.74. The van der Waals surface area contributed by atoms with Crippen molar-refractivity contribution in [2.24, 2.45) is 0 Å². The minimum Gasteiger partial charge on any atom is -0.289 e. The smallest absolute Gasteiger partial charge is 0.193 e. The number of carbonyl (C=O) groups excluding carboxylic acids is 1. The predicted molar refractivity (Wildman–Crippen MR) is 78.0 cm³/mol. The van der Waals surface area contributed by atoms with Crippen molar-refractivity contribution in [2.75, 3.05) is 0 Å². The summed E-state index contributed by atoms with van der Waals surface area (Å²) in [6, 6.07) is 15.4. The van der Waals surface area contributed by atoms with E-state index >= 15 is 0 Å². The van der Waals surface area contributed by atoms with Gasteiger partial charge in [0.15, 0.2) is 5.78 Å². The van der Waals surface area contributed by atoms with Crippen LogP contribution in [-0.2, 0) is 6.42 Å². The molecule has 2 aromatic carbocycles. The lowest BCUT2D eigenvalue weighted by atomic mass is 10.0. The van der Waals surface area contributed by atoms with Crippen LogP contribution in [0, 0.1) is 0 Å². The molecular formula is C16H15BrO. The molecule has 18 heavy (non-hydrogen) atoms. The van der Waals surface area contributed by atoms with Gasteiger partial charge in [0.25, 0.3) is 0 Å². The third-order valence-electron chi connectivity index (χ3n) is 2.84. The van der Waals surface area contributed by atoms with Gasteiger partial charge in [-0.15, -0.1) is 0 Å². The molecule has 92 valence electrons. The van der Waals surface area contributed by atoms with E-state index in [1.807, 2.05) is 48.5 Å². The first-order valence-corrected chi connectivity index (χ1v) is 6.89. The maximum absolute atomic E-state index is 12.2. The van der Waals surface area contributed by atoms with Gasteiger partial charge in [-0.05, 0) is 24.1 Å². The summed E-state index contributed by atoms with van der Waals surface area (Å²) in [6.07, 6.45) is 2.18. The molecule has 0 fully saturated rings. The number of aryl methyl sites for hydroxylation is 1. The average molecular weight is 303 g/mol. The van der Waals surface area contributed by atoms with E-state index in [1.165, 1.54) is 5.56 Å². The van der Waals surface area contributed by atoms with Gasteiger partial charge in [-0.3, -0.25) is 4.79 Å². The van der Waals surface area contributed by atoms with E-state index in [9.17, 15) is 4.79 Å². The first-order chi connectivity index (χ1) is 8.70. The van der Waals surface area contributed by atoms with Gasteiger partial charge in [0.05, 0.1) is 0 Å². The largest absolute Gasteiger partial charge is 0.289 e. The number of hydrogen-bond acceptors (Lipinski definition) is 1. The first-order valence-electron chi connectivity index (χ1n) is 6.10. The number of carbonyl (C=O) groups is 1. The molecule has 2 aromatic rings. The van der Waals surface area contributed by atoms with Crippen molar-refractivity contribution in [1.29, 1.82) is 0 Å². The highest BCUT2D eigenvalue weighted by atomic mass is 79.9. The Kier molecular flexibility index (Phi) is 4.32. The normalized spacial score (nSPS) is 10.3. The second-order valence-electron chi connectivity index (χ2n) is 4.29. The van der Waals surface area contributed by atoms with Gasteiger partial charge in [0, 0.05) is 15.6 Å². The maximum Gasteiger partial charge on any atom is 0.193 e. The zero-order valence-corrected chi connectivity index (χ0v) is 11.9. The lowest BCUT2D eigenvalue weighted by Gasteiger charge is -2.03. The third kappa shape index (κ3) is 3.08. The molecule has 0 N–H and O–H groups in total. The summed E-state index contributed by atoms with van der Waals surface area (Å²) < 4.78 is 0.927. The minimum absolute atomic E-state index is 0.0688. The van der Waals surface area contributed by atoms with E-state index in [1.54, 1.807) is 0 Å². The van der Waals surface area contributed by atoms with Crippen molar-refractivity contribution in [2.45, 2.75) is 19.8 Å². The molecule has 2 heteroatoms. The van der Waals surface area contributed by atoms with Crippen molar-refractivity contribution in [3.8, 4) is 0 Å². The highest BCUT2D eigenvalue weighted by molar-refractivity contribution is 9.10. The van der Waals surface area contributed by atoms with Crippen molar-refractivity contribution in [3.63, 3.8) is 0 Å². The summed E-state index contributed by atoms with van der Waals surface area (Å²) in [6.45, 7) is 2.15. The molecule has 0 unspecified atom stereocenters. The fraction of sp³-hybridized carbons (Fsp3) is 0.188. The Morgan fingerprint density at radius 3 is 2.39 bits per heavy atom. The predicted octanol–water partition coefficient (Wildman–Crippen LogP) is 4.63. The fourth-order valence-corrected chi connectivity index (χ4v) is 2.31. The monoisotopic (exact) mass is 302 g/mol. The SMILES string of the molecule is CCCc1ccc(C(=O)c2cccc(Br)c2)cc1. The van der Waals surface area contributed by atoms with Crippen LogP contribution in [0.15, 0.2) is 53.0 Å². The average Bonchev–Trinajstić information content (AvgIpc) is 2.39. The molecule has 0 bridgehead atoms. The van der Waals surface area contributed by atoms with Crippen LogP contribution in [0.2, 0.25) is 0 Å². The van der Waals surface area contributed by atoms with Crippen molar-refractivity contribution in [3.05, 3.63) is 69.7 Å². The zero-order chi connectivity index (χ0) is 13.0. The summed E-state index contributed by atoms with van der Waals surface area (Å²) in [5, 5.41) is 0. The number of benzene rings is 2. The summed E-state index contributed by atoms with van der Waals surface area (Å²) in [5.74, 6) is 0.0688. The van der Waals surface area contributed by atoms with E-state index in [4.69, 9.17) is 0 Å². The molecule has 0 aromatic heterocycles. The number of ketones is 1. The van der Waals surface area contributed by atoms with Gasteiger partial charge < -0.3 is 0 Å². The molecule has 0 saturated carbocycles. The lowest BCUT2D eigenvalue weighted by Crippen LogP contribution is -2.01. The van der Waals surface area contributed by atoms with Crippen molar-refractivity contribution < 1.29 is 4.79 Å². The van der Waals surface area contributed by atoms with Gasteiger partial charge in [-0.2, -0.15) is 0 Å². The number of hydrogen-bond donors (Lipinski definition) is 0. The molecule has 0 spiro atoms. The maximum atomic E-state index is 12.2. The molecule has 0 aliphatic carbocycles. The van der Waals surface area contributed by atoms with Gasteiger partial charge in [-0.25, -0.2) is 0 Å². The summed E-state index contributed by atoms with van der Waals surface area (Å²) in [7, 11) is 0. The number of halogens is 1. The molecule has 1 nitrogen and oxygen atoms in total. The molecule has 0 aliphatic rings. The lowest BCUT2D eigenvalue weighted by molar-refractivity contribution is 0.103. The minimum atomic E-state index is 0.0688. The zero-order valence-electron chi connectivity index (χ0n) is 10.3. The quantitative estimate of drug-likeness (QED) is 0.752. The van der Waals surface area contributed by atoms with E-state index in [2.05, 4.69) is 22.9 Å². The second kappa shape index (κ2) is 5.96. The van der Waals surface area contributed by atoms with Crippen LogP contribution in [0.1, 0.15) is 34.8 Å². The van der Waals surface area contributed by atoms with E-state index in [0.717, 1.165) is 22.9 Å². The number of rotatable bonds is 4. The van der Waals surface area contributed by atoms with Crippen LogP contribution < -0.4 is 0 Å². The fourth-order valence-electron chi connectivity index (χ4n) is 1.91. The Hall–Kier alpha value is -1.41. The van der Waals surface area contributed by atoms with Crippen LogP contribution in [0.3, 0.4) is 0 Å². The highest BCUT2D eigenvalue weighted by Crippen LogP contribution is 2.16. The molecule has 0 atom stereocenters. The summed E-state index contributed by atoms with van der Waals surface area (Å²) in [4.78, 5) is 12.2.